The van der Waals surface area contributed by atoms with Crippen LogP contribution in [0.2, 0.25) is 0 Å². The van der Waals surface area contributed by atoms with E-state index in [-0.39, 0.29) is 5.91 Å². The Balaban J connectivity index is 1.58. The third-order valence-electron chi connectivity index (χ3n) is 3.45. The molecule has 0 radical (unpaired) electrons. The van der Waals surface area contributed by atoms with Crippen molar-refractivity contribution in [1.82, 2.24) is 9.78 Å². The van der Waals surface area contributed by atoms with Gasteiger partial charge in [0.05, 0.1) is 17.6 Å². The zero-order chi connectivity index (χ0) is 16.1. The highest BCUT2D eigenvalue weighted by Gasteiger charge is 2.07. The van der Waals surface area contributed by atoms with E-state index in [2.05, 4.69) is 26.3 Å². The number of anilines is 1. The van der Waals surface area contributed by atoms with Gasteiger partial charge in [-0.05, 0) is 52.2 Å². The molecule has 2 aromatic carbocycles. The summed E-state index contributed by atoms with van der Waals surface area (Å²) in [6, 6.07) is 17.5. The molecule has 4 nitrogen and oxygen atoms in total. The summed E-state index contributed by atoms with van der Waals surface area (Å²) in [5.74, 6) is -0.00985. The Morgan fingerprint density at radius 2 is 1.83 bits per heavy atom. The molecular formula is C18H16BrN3O. The zero-order valence-electron chi connectivity index (χ0n) is 12.4. The SMILES string of the molecule is O=C(CCc1cnn(-c2ccccc2)c1)Nc1ccccc1Br. The molecule has 1 N–H and O–H groups in total. The van der Waals surface area contributed by atoms with Crippen LogP contribution in [0.3, 0.4) is 0 Å². The number of para-hydroxylation sites is 2. The van der Waals surface area contributed by atoms with Crippen molar-refractivity contribution in [2.75, 3.05) is 5.32 Å². The lowest BCUT2D eigenvalue weighted by molar-refractivity contribution is -0.116. The number of nitrogens with zero attached hydrogens (tertiary/aromatic N) is 2. The van der Waals surface area contributed by atoms with Crippen LogP contribution >= 0.6 is 15.9 Å². The molecule has 5 heteroatoms. The lowest BCUT2D eigenvalue weighted by Crippen LogP contribution is -2.12. The van der Waals surface area contributed by atoms with Gasteiger partial charge in [-0.2, -0.15) is 5.10 Å². The molecule has 0 aliphatic heterocycles. The molecule has 116 valence electrons. The van der Waals surface area contributed by atoms with E-state index in [0.717, 1.165) is 21.4 Å². The number of carbonyl (C=O) groups excluding carboxylic acids is 1. The number of hydrogen-bond donors (Lipinski definition) is 1. The Morgan fingerprint density at radius 3 is 2.61 bits per heavy atom. The molecule has 0 saturated carbocycles. The van der Waals surface area contributed by atoms with E-state index in [0.29, 0.717) is 12.8 Å². The third kappa shape index (κ3) is 4.07. The molecule has 3 rings (SSSR count). The minimum atomic E-state index is -0.00985. The molecule has 0 aliphatic rings. The van der Waals surface area contributed by atoms with Crippen molar-refractivity contribution < 1.29 is 4.79 Å². The van der Waals surface area contributed by atoms with E-state index in [9.17, 15) is 4.79 Å². The minimum absolute atomic E-state index is 0.00985. The molecule has 0 bridgehead atoms. The summed E-state index contributed by atoms with van der Waals surface area (Å²) < 4.78 is 2.70. The van der Waals surface area contributed by atoms with Crippen molar-refractivity contribution in [2.24, 2.45) is 0 Å². The molecular weight excluding hydrogens is 354 g/mol. The van der Waals surface area contributed by atoms with Crippen LogP contribution in [0.1, 0.15) is 12.0 Å². The Bertz CT molecular complexity index is 799. The standard InChI is InChI=1S/C18H16BrN3O/c19-16-8-4-5-9-17(16)21-18(23)11-10-14-12-20-22(13-14)15-6-2-1-3-7-15/h1-9,12-13H,10-11H2,(H,21,23). The molecule has 1 amide bonds. The van der Waals surface area contributed by atoms with Gasteiger partial charge in [-0.1, -0.05) is 30.3 Å². The molecule has 0 unspecified atom stereocenters. The maximum Gasteiger partial charge on any atom is 0.224 e. The van der Waals surface area contributed by atoms with Gasteiger partial charge in [-0.25, -0.2) is 4.68 Å². The van der Waals surface area contributed by atoms with Crippen LogP contribution in [0.15, 0.2) is 71.5 Å². The Hall–Kier alpha value is -2.40. The Labute approximate surface area is 143 Å². The maximum absolute atomic E-state index is 12.1. The van der Waals surface area contributed by atoms with E-state index in [1.54, 1.807) is 6.20 Å². The molecule has 1 aromatic heterocycles. The molecule has 3 aromatic rings. The zero-order valence-corrected chi connectivity index (χ0v) is 14.0. The number of carbonyl (C=O) groups is 1. The summed E-state index contributed by atoms with van der Waals surface area (Å²) in [5, 5.41) is 7.25. The number of halogens is 1. The van der Waals surface area contributed by atoms with Crippen molar-refractivity contribution in [2.45, 2.75) is 12.8 Å². The monoisotopic (exact) mass is 369 g/mol. The molecule has 0 aliphatic carbocycles. The predicted octanol–water partition coefficient (Wildman–Crippen LogP) is 4.21. The number of nitrogens with one attached hydrogen (secondary N) is 1. The summed E-state index contributed by atoms with van der Waals surface area (Å²) in [6.07, 6.45) is 4.84. The Kier molecular flexibility index (Phi) is 4.88. The van der Waals surface area contributed by atoms with E-state index in [1.165, 1.54) is 0 Å². The fourth-order valence-corrected chi connectivity index (χ4v) is 2.63. The van der Waals surface area contributed by atoms with Gasteiger partial charge >= 0.3 is 0 Å². The maximum atomic E-state index is 12.1. The van der Waals surface area contributed by atoms with Crippen molar-refractivity contribution in [3.8, 4) is 5.69 Å². The number of rotatable bonds is 5. The molecule has 0 fully saturated rings. The molecule has 0 atom stereocenters. The number of aromatic nitrogens is 2. The first-order valence-electron chi connectivity index (χ1n) is 7.36. The van der Waals surface area contributed by atoms with Crippen LogP contribution in [0.5, 0.6) is 0 Å². The number of aryl methyl sites for hydroxylation is 1. The van der Waals surface area contributed by atoms with Crippen LogP contribution in [0.25, 0.3) is 5.69 Å². The van der Waals surface area contributed by atoms with Crippen LogP contribution < -0.4 is 5.32 Å². The molecule has 0 spiro atoms. The van der Waals surface area contributed by atoms with Crippen molar-refractivity contribution in [3.63, 3.8) is 0 Å². The first kappa shape index (κ1) is 15.5. The third-order valence-corrected chi connectivity index (χ3v) is 4.14. The second-order valence-corrected chi connectivity index (χ2v) is 6.01. The minimum Gasteiger partial charge on any atom is -0.325 e. The smallest absolute Gasteiger partial charge is 0.224 e. The van der Waals surface area contributed by atoms with Crippen LogP contribution in [-0.2, 0) is 11.2 Å². The summed E-state index contributed by atoms with van der Waals surface area (Å²) >= 11 is 3.42. The normalized spacial score (nSPS) is 10.5. The lowest BCUT2D eigenvalue weighted by Gasteiger charge is -2.06. The average molecular weight is 370 g/mol. The van der Waals surface area contributed by atoms with Gasteiger partial charge in [-0.15, -0.1) is 0 Å². The van der Waals surface area contributed by atoms with Gasteiger partial charge in [0.15, 0.2) is 0 Å². The number of benzene rings is 2. The van der Waals surface area contributed by atoms with Gasteiger partial charge in [0.1, 0.15) is 0 Å². The summed E-state index contributed by atoms with van der Waals surface area (Å²) in [6.45, 7) is 0. The average Bonchev–Trinajstić information content (AvgIpc) is 3.05. The van der Waals surface area contributed by atoms with Gasteiger partial charge in [-0.3, -0.25) is 4.79 Å². The van der Waals surface area contributed by atoms with Crippen molar-refractivity contribution >= 4 is 27.5 Å². The Morgan fingerprint density at radius 1 is 1.09 bits per heavy atom. The highest BCUT2D eigenvalue weighted by molar-refractivity contribution is 9.10. The first-order valence-corrected chi connectivity index (χ1v) is 8.15. The summed E-state index contributed by atoms with van der Waals surface area (Å²) in [4.78, 5) is 12.1. The molecule has 23 heavy (non-hydrogen) atoms. The largest absolute Gasteiger partial charge is 0.325 e. The molecule has 1 heterocycles. The second kappa shape index (κ2) is 7.24. The fourth-order valence-electron chi connectivity index (χ4n) is 2.24. The van der Waals surface area contributed by atoms with Crippen LogP contribution in [0.4, 0.5) is 5.69 Å². The topological polar surface area (TPSA) is 46.9 Å². The van der Waals surface area contributed by atoms with Gasteiger partial charge in [0.2, 0.25) is 5.91 Å². The van der Waals surface area contributed by atoms with Gasteiger partial charge in [0, 0.05) is 17.1 Å². The second-order valence-electron chi connectivity index (χ2n) is 5.16. The lowest BCUT2D eigenvalue weighted by atomic mass is 10.2. The van der Waals surface area contributed by atoms with E-state index >= 15 is 0 Å². The van der Waals surface area contributed by atoms with Crippen LogP contribution in [0, 0.1) is 0 Å². The van der Waals surface area contributed by atoms with Gasteiger partial charge < -0.3 is 5.32 Å². The van der Waals surface area contributed by atoms with E-state index in [1.807, 2.05) is 65.5 Å². The first-order chi connectivity index (χ1) is 11.2. The highest BCUT2D eigenvalue weighted by Crippen LogP contribution is 2.21. The fraction of sp³-hybridized carbons (Fsp3) is 0.111. The summed E-state index contributed by atoms with van der Waals surface area (Å²) in [7, 11) is 0. The number of amides is 1. The number of hydrogen-bond acceptors (Lipinski definition) is 2. The quantitative estimate of drug-likeness (QED) is 0.732. The van der Waals surface area contributed by atoms with Crippen molar-refractivity contribution in [1.29, 1.82) is 0 Å². The van der Waals surface area contributed by atoms with Crippen molar-refractivity contribution in [3.05, 3.63) is 77.0 Å². The molecule has 0 saturated heterocycles. The van der Waals surface area contributed by atoms with Crippen LogP contribution in [-0.4, -0.2) is 15.7 Å². The van der Waals surface area contributed by atoms with E-state index in [4.69, 9.17) is 0 Å². The van der Waals surface area contributed by atoms with Gasteiger partial charge in [0.25, 0.3) is 0 Å². The predicted molar refractivity (Wildman–Crippen MR) is 94.7 cm³/mol. The highest BCUT2D eigenvalue weighted by atomic mass is 79.9. The summed E-state index contributed by atoms with van der Waals surface area (Å²) in [5.41, 5.74) is 2.84. The van der Waals surface area contributed by atoms with E-state index < -0.39 is 0 Å².